The van der Waals surface area contributed by atoms with E-state index in [0.717, 1.165) is 0 Å². The molecule has 1 aliphatic heterocycles. The average Bonchev–Trinajstić information content (AvgIpc) is 2.41. The van der Waals surface area contributed by atoms with Crippen molar-refractivity contribution in [2.45, 2.75) is 25.4 Å². The van der Waals surface area contributed by atoms with Crippen LogP contribution in [0.15, 0.2) is 30.3 Å². The summed E-state index contributed by atoms with van der Waals surface area (Å²) in [4.78, 5) is 25.0. The molecule has 1 aliphatic rings. The Labute approximate surface area is 112 Å². The zero-order chi connectivity index (χ0) is 13.8. The van der Waals surface area contributed by atoms with Crippen molar-refractivity contribution in [1.29, 1.82) is 0 Å². The van der Waals surface area contributed by atoms with E-state index in [1.54, 1.807) is 17.0 Å². The summed E-state index contributed by atoms with van der Waals surface area (Å²) in [7, 11) is 0. The Balaban J connectivity index is 2.11. The number of benzene rings is 1. The number of rotatable bonds is 3. The first-order valence-corrected chi connectivity index (χ1v) is 6.41. The molecule has 1 saturated heterocycles. The molecule has 2 atom stereocenters. The molecule has 1 fully saturated rings. The molecule has 0 aliphatic carbocycles. The number of nitrogens with one attached hydrogen (secondary N) is 1. The molecule has 1 aromatic carbocycles. The fraction of sp³-hybridized carbons (Fsp3) is 0.429. The predicted molar refractivity (Wildman–Crippen MR) is 71.0 cm³/mol. The molecule has 19 heavy (non-hydrogen) atoms. The van der Waals surface area contributed by atoms with Gasteiger partial charge in [0.05, 0.1) is 6.42 Å². The molecule has 5 heteroatoms. The number of nitrogens with zero attached hydrogens (tertiary/aromatic N) is 1. The van der Waals surface area contributed by atoms with Crippen LogP contribution < -0.4 is 5.32 Å². The molecule has 0 radical (unpaired) electrons. The summed E-state index contributed by atoms with van der Waals surface area (Å²) < 4.78 is 0. The van der Waals surface area contributed by atoms with Crippen molar-refractivity contribution in [3.8, 4) is 0 Å². The van der Waals surface area contributed by atoms with Crippen LogP contribution in [0.3, 0.4) is 0 Å². The van der Waals surface area contributed by atoms with Gasteiger partial charge in [-0.15, -0.1) is 0 Å². The van der Waals surface area contributed by atoms with Crippen molar-refractivity contribution in [3.63, 3.8) is 0 Å². The highest BCUT2D eigenvalue weighted by atomic mass is 16.4. The quantitative estimate of drug-likeness (QED) is 0.851. The van der Waals surface area contributed by atoms with Gasteiger partial charge in [-0.05, 0) is 19.1 Å². The second-order valence-corrected chi connectivity index (χ2v) is 4.76. The van der Waals surface area contributed by atoms with Crippen LogP contribution >= 0.6 is 0 Å². The predicted octanol–water partition coefficient (Wildman–Crippen LogP) is 0.964. The summed E-state index contributed by atoms with van der Waals surface area (Å²) in [6.07, 6.45) is 0.0275. The van der Waals surface area contributed by atoms with Crippen molar-refractivity contribution in [2.75, 3.05) is 13.1 Å². The number of carboxylic acids is 1. The van der Waals surface area contributed by atoms with E-state index in [2.05, 4.69) is 5.32 Å². The first kappa shape index (κ1) is 13.5. The molecular weight excluding hydrogens is 244 g/mol. The first-order valence-electron chi connectivity index (χ1n) is 6.41. The van der Waals surface area contributed by atoms with Crippen molar-refractivity contribution in [2.24, 2.45) is 0 Å². The van der Waals surface area contributed by atoms with Crippen molar-refractivity contribution >= 4 is 11.9 Å². The summed E-state index contributed by atoms with van der Waals surface area (Å²) in [6, 6.07) is 8.76. The van der Waals surface area contributed by atoms with Gasteiger partial charge in [0, 0.05) is 30.7 Å². The zero-order valence-corrected chi connectivity index (χ0v) is 10.9. The third kappa shape index (κ3) is 3.12. The van der Waals surface area contributed by atoms with Crippen LogP contribution in [0.1, 0.15) is 23.7 Å². The molecule has 2 N–H and O–H groups in total. The maximum Gasteiger partial charge on any atom is 0.305 e. The third-order valence-electron chi connectivity index (χ3n) is 3.51. The van der Waals surface area contributed by atoms with Gasteiger partial charge in [0.2, 0.25) is 0 Å². The molecular formula is C14H18N2O3. The standard InChI is InChI=1S/C14H18N2O3/c1-10-12(9-13(17)18)15-7-8-16(10)14(19)11-5-3-2-4-6-11/h2-6,10,12,15H,7-9H2,1H3,(H,17,18)/t10-,12-/m0/s1. The number of hydrogen-bond donors (Lipinski definition) is 2. The van der Waals surface area contributed by atoms with E-state index in [9.17, 15) is 9.59 Å². The maximum absolute atomic E-state index is 12.4. The van der Waals surface area contributed by atoms with E-state index in [4.69, 9.17) is 5.11 Å². The van der Waals surface area contributed by atoms with Crippen molar-refractivity contribution in [1.82, 2.24) is 10.2 Å². The highest BCUT2D eigenvalue weighted by molar-refractivity contribution is 5.94. The van der Waals surface area contributed by atoms with Gasteiger partial charge in [-0.25, -0.2) is 0 Å². The van der Waals surface area contributed by atoms with Gasteiger partial charge in [-0.3, -0.25) is 9.59 Å². The number of piperazine rings is 1. The van der Waals surface area contributed by atoms with Crippen LogP contribution in [0.25, 0.3) is 0 Å². The minimum Gasteiger partial charge on any atom is -0.481 e. The van der Waals surface area contributed by atoms with Gasteiger partial charge in [0.1, 0.15) is 0 Å². The highest BCUT2D eigenvalue weighted by Gasteiger charge is 2.32. The van der Waals surface area contributed by atoms with E-state index in [-0.39, 0.29) is 24.4 Å². The van der Waals surface area contributed by atoms with Crippen LogP contribution in [0.5, 0.6) is 0 Å². The Hall–Kier alpha value is -1.88. The first-order chi connectivity index (χ1) is 9.09. The third-order valence-corrected chi connectivity index (χ3v) is 3.51. The second kappa shape index (κ2) is 5.84. The number of aliphatic carboxylic acids is 1. The minimum atomic E-state index is -0.849. The van der Waals surface area contributed by atoms with Gasteiger partial charge >= 0.3 is 5.97 Å². The van der Waals surface area contributed by atoms with E-state index in [1.807, 2.05) is 25.1 Å². The number of hydrogen-bond acceptors (Lipinski definition) is 3. The van der Waals surface area contributed by atoms with E-state index in [0.29, 0.717) is 18.7 Å². The molecule has 0 aromatic heterocycles. The summed E-state index contributed by atoms with van der Waals surface area (Å²) in [6.45, 7) is 3.12. The summed E-state index contributed by atoms with van der Waals surface area (Å²) in [5.74, 6) is -0.886. The van der Waals surface area contributed by atoms with Gasteiger partial charge in [-0.1, -0.05) is 18.2 Å². The van der Waals surface area contributed by atoms with Gasteiger partial charge in [0.15, 0.2) is 0 Å². The number of carboxylic acid groups (broad SMARTS) is 1. The van der Waals surface area contributed by atoms with E-state index in [1.165, 1.54) is 0 Å². The lowest BCUT2D eigenvalue weighted by atomic mass is 10.0. The SMILES string of the molecule is C[C@H]1[C@H](CC(=O)O)NCCN1C(=O)c1ccccc1. The smallest absolute Gasteiger partial charge is 0.305 e. The summed E-state index contributed by atoms with van der Waals surface area (Å²) in [5.41, 5.74) is 0.644. The minimum absolute atomic E-state index is 0.0275. The molecule has 0 spiro atoms. The van der Waals surface area contributed by atoms with Crippen molar-refractivity contribution in [3.05, 3.63) is 35.9 Å². The van der Waals surface area contributed by atoms with Gasteiger partial charge < -0.3 is 15.3 Å². The lowest BCUT2D eigenvalue weighted by Crippen LogP contribution is -2.58. The molecule has 0 unspecified atom stereocenters. The number of amides is 1. The molecule has 2 rings (SSSR count). The Morgan fingerprint density at radius 2 is 2.05 bits per heavy atom. The van der Waals surface area contributed by atoms with E-state index >= 15 is 0 Å². The fourth-order valence-electron chi connectivity index (χ4n) is 2.43. The highest BCUT2D eigenvalue weighted by Crippen LogP contribution is 2.15. The maximum atomic E-state index is 12.4. The normalized spacial score (nSPS) is 23.1. The Kier molecular flexibility index (Phi) is 4.16. The van der Waals surface area contributed by atoms with Crippen LogP contribution in [0.4, 0.5) is 0 Å². The summed E-state index contributed by atoms with van der Waals surface area (Å²) >= 11 is 0. The second-order valence-electron chi connectivity index (χ2n) is 4.76. The van der Waals surface area contributed by atoms with Crippen LogP contribution in [0, 0.1) is 0 Å². The van der Waals surface area contributed by atoms with Crippen LogP contribution in [0.2, 0.25) is 0 Å². The van der Waals surface area contributed by atoms with Crippen LogP contribution in [-0.2, 0) is 4.79 Å². The molecule has 5 nitrogen and oxygen atoms in total. The number of carbonyl (C=O) groups excluding carboxylic acids is 1. The molecule has 0 saturated carbocycles. The van der Waals surface area contributed by atoms with Gasteiger partial charge in [0.25, 0.3) is 5.91 Å². The summed E-state index contributed by atoms with van der Waals surface area (Å²) in [5, 5.41) is 12.0. The fourth-order valence-corrected chi connectivity index (χ4v) is 2.43. The van der Waals surface area contributed by atoms with E-state index < -0.39 is 5.97 Å². The van der Waals surface area contributed by atoms with Gasteiger partial charge in [-0.2, -0.15) is 0 Å². The lowest BCUT2D eigenvalue weighted by molar-refractivity contribution is -0.138. The topological polar surface area (TPSA) is 69.6 Å². The molecule has 0 bridgehead atoms. The lowest BCUT2D eigenvalue weighted by Gasteiger charge is -2.39. The molecule has 1 amide bonds. The number of carbonyl (C=O) groups is 2. The van der Waals surface area contributed by atoms with Crippen molar-refractivity contribution < 1.29 is 14.7 Å². The molecule has 1 aromatic rings. The Morgan fingerprint density at radius 1 is 1.37 bits per heavy atom. The molecule has 102 valence electrons. The monoisotopic (exact) mass is 262 g/mol. The average molecular weight is 262 g/mol. The Morgan fingerprint density at radius 3 is 2.68 bits per heavy atom. The largest absolute Gasteiger partial charge is 0.481 e. The zero-order valence-electron chi connectivity index (χ0n) is 10.9. The molecule has 1 heterocycles. The van der Waals surface area contributed by atoms with Crippen LogP contribution in [-0.4, -0.2) is 47.1 Å². The Bertz CT molecular complexity index is 461.